The van der Waals surface area contributed by atoms with E-state index in [0.717, 1.165) is 0 Å². The summed E-state index contributed by atoms with van der Waals surface area (Å²) >= 11 is 6.11. The van der Waals surface area contributed by atoms with Crippen LogP contribution >= 0.6 is 11.6 Å². The van der Waals surface area contributed by atoms with Crippen molar-refractivity contribution in [1.29, 1.82) is 0 Å². The second-order valence-electron chi connectivity index (χ2n) is 6.21. The van der Waals surface area contributed by atoms with Crippen molar-refractivity contribution >= 4 is 40.3 Å². The van der Waals surface area contributed by atoms with E-state index in [4.69, 9.17) is 11.6 Å². The Morgan fingerprint density at radius 3 is 2.48 bits per heavy atom. The molecule has 0 aliphatic carbocycles. The third-order valence-corrected chi connectivity index (χ3v) is 4.73. The molecular formula is C19H19ClN6O3. The number of aromatic nitrogens is 4. The van der Waals surface area contributed by atoms with Crippen LogP contribution in [0.3, 0.4) is 0 Å². The van der Waals surface area contributed by atoms with Crippen molar-refractivity contribution in [2.24, 2.45) is 7.05 Å². The van der Waals surface area contributed by atoms with Crippen LogP contribution in [0.4, 0.5) is 0 Å². The molecule has 2 aromatic heterocycles. The van der Waals surface area contributed by atoms with Gasteiger partial charge in [0.1, 0.15) is 5.15 Å². The number of nitrogens with one attached hydrogen (secondary N) is 2. The molecule has 1 aromatic carbocycles. The lowest BCUT2D eigenvalue weighted by atomic mass is 10.1. The molecule has 0 radical (unpaired) electrons. The van der Waals surface area contributed by atoms with Gasteiger partial charge in [0.2, 0.25) is 0 Å². The predicted molar refractivity (Wildman–Crippen MR) is 109 cm³/mol. The molecule has 3 rings (SSSR count). The lowest BCUT2D eigenvalue weighted by Gasteiger charge is -2.10. The zero-order valence-corrected chi connectivity index (χ0v) is 16.8. The van der Waals surface area contributed by atoms with E-state index < -0.39 is 11.8 Å². The maximum Gasteiger partial charge on any atom is 0.290 e. The van der Waals surface area contributed by atoms with Crippen molar-refractivity contribution in [1.82, 2.24) is 30.4 Å². The van der Waals surface area contributed by atoms with Crippen molar-refractivity contribution in [3.63, 3.8) is 0 Å². The minimum Gasteiger partial charge on any atom is -0.268 e. The smallest absolute Gasteiger partial charge is 0.268 e. The van der Waals surface area contributed by atoms with Crippen molar-refractivity contribution < 1.29 is 9.59 Å². The topological polar surface area (TPSA) is 111 Å². The van der Waals surface area contributed by atoms with Crippen LogP contribution in [0.2, 0.25) is 5.15 Å². The van der Waals surface area contributed by atoms with Gasteiger partial charge in [-0.05, 0) is 26.0 Å². The highest BCUT2D eigenvalue weighted by Gasteiger charge is 2.16. The zero-order valence-electron chi connectivity index (χ0n) is 16.1. The molecule has 0 aliphatic rings. The van der Waals surface area contributed by atoms with Gasteiger partial charge < -0.3 is 0 Å². The van der Waals surface area contributed by atoms with E-state index >= 15 is 0 Å². The lowest BCUT2D eigenvalue weighted by molar-refractivity contribution is -0.117. The second-order valence-corrected chi connectivity index (χ2v) is 6.56. The van der Waals surface area contributed by atoms with Gasteiger partial charge in [0, 0.05) is 30.6 Å². The van der Waals surface area contributed by atoms with E-state index in [1.807, 2.05) is 0 Å². The van der Waals surface area contributed by atoms with Gasteiger partial charge in [0.15, 0.2) is 5.69 Å². The molecule has 9 nitrogen and oxygen atoms in total. The Balaban J connectivity index is 1.77. The van der Waals surface area contributed by atoms with Crippen LogP contribution in [0.1, 0.15) is 28.7 Å². The van der Waals surface area contributed by atoms with Gasteiger partial charge in [0.25, 0.3) is 17.4 Å². The van der Waals surface area contributed by atoms with Crippen molar-refractivity contribution in [2.45, 2.75) is 20.4 Å². The van der Waals surface area contributed by atoms with Gasteiger partial charge >= 0.3 is 0 Å². The summed E-state index contributed by atoms with van der Waals surface area (Å²) in [5.41, 5.74) is 5.64. The van der Waals surface area contributed by atoms with Gasteiger partial charge in [0.05, 0.1) is 11.1 Å². The van der Waals surface area contributed by atoms with Crippen LogP contribution < -0.4 is 16.4 Å². The number of hydrogen-bond acceptors (Lipinski definition) is 5. The van der Waals surface area contributed by atoms with Gasteiger partial charge in [-0.25, -0.2) is 4.68 Å². The maximum atomic E-state index is 12.6. The average Bonchev–Trinajstić information content (AvgIpc) is 2.96. The summed E-state index contributed by atoms with van der Waals surface area (Å²) in [6.45, 7) is 3.83. The summed E-state index contributed by atoms with van der Waals surface area (Å²) in [5, 5.41) is 9.44. The Bertz CT molecular complexity index is 1190. The molecule has 0 saturated heterocycles. The number of hydrazine groups is 1. The third kappa shape index (κ3) is 4.04. The SMILES string of the molecule is CCn1nc(C(=O)NNC(=O)/C=C/c2c(C)nn(C)c2Cl)c2ccccc2c1=O. The fourth-order valence-electron chi connectivity index (χ4n) is 2.83. The van der Waals surface area contributed by atoms with E-state index in [-0.39, 0.29) is 11.3 Å². The molecule has 3 aromatic rings. The summed E-state index contributed by atoms with van der Waals surface area (Å²) in [6.07, 6.45) is 2.74. The van der Waals surface area contributed by atoms with Crippen LogP contribution in [-0.2, 0) is 18.4 Å². The Labute approximate surface area is 170 Å². The Morgan fingerprint density at radius 2 is 1.86 bits per heavy atom. The number of rotatable bonds is 4. The van der Waals surface area contributed by atoms with E-state index in [0.29, 0.717) is 33.7 Å². The van der Waals surface area contributed by atoms with Crippen molar-refractivity contribution in [3.05, 3.63) is 62.8 Å². The zero-order chi connectivity index (χ0) is 21.1. The first-order valence-corrected chi connectivity index (χ1v) is 9.18. The summed E-state index contributed by atoms with van der Waals surface area (Å²) in [7, 11) is 1.69. The highest BCUT2D eigenvalue weighted by molar-refractivity contribution is 6.31. The summed E-state index contributed by atoms with van der Waals surface area (Å²) < 4.78 is 2.70. The summed E-state index contributed by atoms with van der Waals surface area (Å²) in [5.74, 6) is -1.20. The minimum absolute atomic E-state index is 0.0393. The molecule has 0 unspecified atom stereocenters. The minimum atomic E-state index is -0.638. The summed E-state index contributed by atoms with van der Waals surface area (Å²) in [4.78, 5) is 37.0. The fraction of sp³-hybridized carbons (Fsp3) is 0.211. The predicted octanol–water partition coefficient (Wildman–Crippen LogP) is 1.59. The van der Waals surface area contributed by atoms with Crippen LogP contribution in [0.25, 0.3) is 16.8 Å². The Morgan fingerprint density at radius 1 is 1.17 bits per heavy atom. The number of benzene rings is 1. The molecule has 0 fully saturated rings. The number of amides is 2. The normalized spacial score (nSPS) is 11.2. The number of carbonyl (C=O) groups is 2. The molecular weight excluding hydrogens is 396 g/mol. The molecule has 10 heteroatoms. The highest BCUT2D eigenvalue weighted by atomic mass is 35.5. The van der Waals surface area contributed by atoms with Crippen LogP contribution in [-0.4, -0.2) is 31.4 Å². The van der Waals surface area contributed by atoms with Crippen molar-refractivity contribution in [3.8, 4) is 0 Å². The lowest BCUT2D eigenvalue weighted by Crippen LogP contribution is -2.42. The van der Waals surface area contributed by atoms with E-state index in [9.17, 15) is 14.4 Å². The number of fused-ring (bicyclic) bond motifs is 1. The van der Waals surface area contributed by atoms with Crippen LogP contribution in [0.5, 0.6) is 0 Å². The fourth-order valence-corrected chi connectivity index (χ4v) is 3.07. The molecule has 2 amide bonds. The molecule has 2 heterocycles. The molecule has 2 N–H and O–H groups in total. The first-order chi connectivity index (χ1) is 13.8. The number of hydrogen-bond donors (Lipinski definition) is 2. The summed E-state index contributed by atoms with van der Waals surface area (Å²) in [6, 6.07) is 6.68. The molecule has 29 heavy (non-hydrogen) atoms. The van der Waals surface area contributed by atoms with E-state index in [1.165, 1.54) is 21.5 Å². The molecule has 0 atom stereocenters. The van der Waals surface area contributed by atoms with Gasteiger partial charge in [-0.15, -0.1) is 0 Å². The molecule has 0 aliphatic heterocycles. The van der Waals surface area contributed by atoms with Gasteiger partial charge in [-0.2, -0.15) is 10.2 Å². The first-order valence-electron chi connectivity index (χ1n) is 8.80. The number of nitrogens with zero attached hydrogens (tertiary/aromatic N) is 4. The molecule has 0 saturated carbocycles. The van der Waals surface area contributed by atoms with E-state index in [2.05, 4.69) is 21.0 Å². The molecule has 0 spiro atoms. The largest absolute Gasteiger partial charge is 0.290 e. The maximum absolute atomic E-state index is 12.6. The number of aryl methyl sites for hydroxylation is 3. The molecule has 0 bridgehead atoms. The third-order valence-electron chi connectivity index (χ3n) is 4.28. The van der Waals surface area contributed by atoms with Crippen LogP contribution in [0, 0.1) is 6.92 Å². The molecule has 150 valence electrons. The van der Waals surface area contributed by atoms with Crippen molar-refractivity contribution in [2.75, 3.05) is 0 Å². The average molecular weight is 415 g/mol. The van der Waals surface area contributed by atoms with Gasteiger partial charge in [-0.1, -0.05) is 29.8 Å². The Kier molecular flexibility index (Phi) is 5.79. The standard InChI is InChI=1S/C19H19ClN6O3/c1-4-26-19(29)14-8-6-5-7-13(14)16(24-26)18(28)22-21-15(27)10-9-12-11(2)23-25(3)17(12)20/h5-10H,4H2,1-3H3,(H,21,27)(H,22,28)/b10-9+. The monoisotopic (exact) mass is 414 g/mol. The quantitative estimate of drug-likeness (QED) is 0.497. The van der Waals surface area contributed by atoms with Gasteiger partial charge in [-0.3, -0.25) is 29.9 Å². The van der Waals surface area contributed by atoms with Crippen LogP contribution in [0.15, 0.2) is 35.1 Å². The Hall–Kier alpha value is -3.46. The number of halogens is 1. The number of carbonyl (C=O) groups excluding carboxylic acids is 2. The first kappa shape index (κ1) is 20.3. The van der Waals surface area contributed by atoms with E-state index in [1.54, 1.807) is 45.2 Å². The second kappa shape index (κ2) is 8.27. The highest BCUT2D eigenvalue weighted by Crippen LogP contribution is 2.19.